The van der Waals surface area contributed by atoms with Gasteiger partial charge in [-0.1, -0.05) is 6.08 Å². The molecular weight excluding hydrogens is 406 g/mol. The van der Waals surface area contributed by atoms with Gasteiger partial charge in [0.05, 0.1) is 16.5 Å². The number of carbonyl (C=O) groups is 2. The van der Waals surface area contributed by atoms with Gasteiger partial charge in [0, 0.05) is 37.8 Å². The summed E-state index contributed by atoms with van der Waals surface area (Å²) in [7, 11) is -1.91. The van der Waals surface area contributed by atoms with Crippen LogP contribution in [0.3, 0.4) is 0 Å². The summed E-state index contributed by atoms with van der Waals surface area (Å²) in [6, 6.07) is 3.09. The van der Waals surface area contributed by atoms with E-state index in [2.05, 4.69) is 4.99 Å². The van der Waals surface area contributed by atoms with E-state index in [0.717, 1.165) is 19.1 Å². The quantitative estimate of drug-likeness (QED) is 0.728. The van der Waals surface area contributed by atoms with Crippen molar-refractivity contribution in [2.24, 2.45) is 16.8 Å². The fourth-order valence-electron chi connectivity index (χ4n) is 4.06. The molecule has 0 N–H and O–H groups in total. The number of aliphatic imine (C=N–C) groups is 1. The smallest absolute Gasteiger partial charge is 0.272 e. The van der Waals surface area contributed by atoms with Crippen LogP contribution < -0.4 is 9.64 Å². The van der Waals surface area contributed by atoms with Crippen LogP contribution in [0.5, 0.6) is 5.75 Å². The Bertz CT molecular complexity index is 1180. The van der Waals surface area contributed by atoms with Crippen molar-refractivity contribution in [1.82, 2.24) is 4.90 Å². The molecule has 1 fully saturated rings. The maximum atomic E-state index is 12.6. The second-order valence-corrected chi connectivity index (χ2v) is 10.2. The number of amides is 2. The van der Waals surface area contributed by atoms with E-state index in [1.165, 1.54) is 11.0 Å². The summed E-state index contributed by atoms with van der Waals surface area (Å²) in [6.45, 7) is 0.448. The Balaban J connectivity index is 1.72. The molecule has 4 aliphatic rings. The van der Waals surface area contributed by atoms with E-state index in [0.29, 0.717) is 40.7 Å². The van der Waals surface area contributed by atoms with Gasteiger partial charge in [-0.2, -0.15) is 0 Å². The van der Waals surface area contributed by atoms with Gasteiger partial charge in [-0.05, 0) is 36.5 Å². The van der Waals surface area contributed by atoms with E-state index in [9.17, 15) is 18.0 Å². The van der Waals surface area contributed by atoms with Gasteiger partial charge in [-0.15, -0.1) is 0 Å². The van der Waals surface area contributed by atoms with Crippen LogP contribution in [0, 0.1) is 11.8 Å². The number of hydrogen-bond donors (Lipinski definition) is 0. The van der Waals surface area contributed by atoms with Crippen LogP contribution in [0.4, 0.5) is 5.69 Å². The molecule has 0 aromatic heterocycles. The second kappa shape index (κ2) is 6.53. The fourth-order valence-corrected chi connectivity index (χ4v) is 4.72. The van der Waals surface area contributed by atoms with Crippen LogP contribution in [0.1, 0.15) is 18.4 Å². The Kier molecular flexibility index (Phi) is 4.15. The lowest BCUT2D eigenvalue weighted by atomic mass is 9.86. The number of benzene rings is 1. The molecule has 3 aliphatic heterocycles. The molecule has 5 rings (SSSR count). The lowest BCUT2D eigenvalue weighted by Gasteiger charge is -2.33. The van der Waals surface area contributed by atoms with Crippen molar-refractivity contribution in [3.63, 3.8) is 0 Å². The van der Waals surface area contributed by atoms with Crippen molar-refractivity contribution >= 4 is 38.6 Å². The maximum absolute atomic E-state index is 12.6. The van der Waals surface area contributed by atoms with Crippen LogP contribution in [0.25, 0.3) is 5.57 Å². The van der Waals surface area contributed by atoms with E-state index in [4.69, 9.17) is 4.74 Å². The highest BCUT2D eigenvalue weighted by Gasteiger charge is 2.39. The molecule has 9 heteroatoms. The number of rotatable bonds is 4. The zero-order valence-corrected chi connectivity index (χ0v) is 17.5. The van der Waals surface area contributed by atoms with E-state index in [-0.39, 0.29) is 29.2 Å². The minimum absolute atomic E-state index is 0.103. The van der Waals surface area contributed by atoms with Crippen molar-refractivity contribution in [1.29, 1.82) is 0 Å². The third-order valence-corrected chi connectivity index (χ3v) is 6.94. The Morgan fingerprint density at radius 1 is 1.23 bits per heavy atom. The summed E-state index contributed by atoms with van der Waals surface area (Å²) >= 11 is 0. The minimum Gasteiger partial charge on any atom is -0.481 e. The van der Waals surface area contributed by atoms with Gasteiger partial charge in [0.2, 0.25) is 0 Å². The number of carbonyl (C=O) groups excluding carboxylic acids is 2. The number of sulfone groups is 1. The van der Waals surface area contributed by atoms with E-state index < -0.39 is 9.84 Å². The first-order chi connectivity index (χ1) is 14.2. The second-order valence-electron chi connectivity index (χ2n) is 8.16. The minimum atomic E-state index is -3.55. The Hall–Kier alpha value is -2.94. The summed E-state index contributed by atoms with van der Waals surface area (Å²) in [5, 5.41) is 0. The highest BCUT2D eigenvalue weighted by molar-refractivity contribution is 7.90. The van der Waals surface area contributed by atoms with Crippen LogP contribution in [-0.2, 0) is 19.4 Å². The summed E-state index contributed by atoms with van der Waals surface area (Å²) in [5.74, 6) is 0.133. The van der Waals surface area contributed by atoms with Gasteiger partial charge in [-0.3, -0.25) is 14.6 Å². The maximum Gasteiger partial charge on any atom is 0.272 e. The molecular formula is C21H21N3O5S. The third-order valence-electron chi connectivity index (χ3n) is 5.85. The van der Waals surface area contributed by atoms with Crippen molar-refractivity contribution in [3.8, 4) is 5.75 Å². The number of anilines is 1. The number of fused-ring (bicyclic) bond motifs is 2. The predicted molar refractivity (Wildman–Crippen MR) is 111 cm³/mol. The number of ether oxygens (including phenoxy) is 1. The molecule has 1 aromatic rings. The molecule has 0 spiro atoms. The zero-order valence-electron chi connectivity index (χ0n) is 16.7. The molecule has 8 nitrogen and oxygen atoms in total. The molecule has 0 bridgehead atoms. The molecule has 0 saturated heterocycles. The normalized spacial score (nSPS) is 23.1. The van der Waals surface area contributed by atoms with Crippen LogP contribution >= 0.6 is 0 Å². The van der Waals surface area contributed by atoms with Gasteiger partial charge in [-0.25, -0.2) is 8.42 Å². The Morgan fingerprint density at radius 3 is 2.70 bits per heavy atom. The molecule has 1 saturated carbocycles. The average molecular weight is 427 g/mol. The predicted octanol–water partition coefficient (Wildman–Crippen LogP) is 1.62. The van der Waals surface area contributed by atoms with Gasteiger partial charge < -0.3 is 14.5 Å². The summed E-state index contributed by atoms with van der Waals surface area (Å²) in [5.41, 5.74) is 2.13. The summed E-state index contributed by atoms with van der Waals surface area (Å²) in [4.78, 5) is 32.4. The third kappa shape index (κ3) is 3.04. The first-order valence-electron chi connectivity index (χ1n) is 9.79. The van der Waals surface area contributed by atoms with E-state index >= 15 is 0 Å². The molecule has 2 amide bonds. The lowest BCUT2D eigenvalue weighted by Crippen LogP contribution is -2.41. The number of nitrogens with zero attached hydrogens (tertiary/aromatic N) is 3. The van der Waals surface area contributed by atoms with Crippen molar-refractivity contribution in [2.75, 3.05) is 31.4 Å². The van der Waals surface area contributed by atoms with Crippen LogP contribution in [0.2, 0.25) is 0 Å². The van der Waals surface area contributed by atoms with Crippen molar-refractivity contribution in [2.45, 2.75) is 17.7 Å². The molecule has 156 valence electrons. The first-order valence-corrected chi connectivity index (χ1v) is 11.7. The topological polar surface area (TPSA) is 96.3 Å². The number of hydrogen-bond acceptors (Lipinski definition) is 6. The van der Waals surface area contributed by atoms with E-state index in [1.54, 1.807) is 30.4 Å². The molecule has 30 heavy (non-hydrogen) atoms. The van der Waals surface area contributed by atoms with Gasteiger partial charge in [0.1, 0.15) is 5.71 Å². The van der Waals surface area contributed by atoms with Gasteiger partial charge >= 0.3 is 0 Å². The molecule has 3 heterocycles. The average Bonchev–Trinajstić information content (AvgIpc) is 3.38. The highest BCUT2D eigenvalue weighted by atomic mass is 32.2. The molecule has 1 atom stereocenters. The molecule has 1 aromatic carbocycles. The molecule has 1 unspecified atom stereocenters. The fraction of sp³-hybridized carbons (Fsp3) is 0.381. The summed E-state index contributed by atoms with van der Waals surface area (Å²) < 4.78 is 30.7. The zero-order chi connectivity index (χ0) is 21.2. The molecule has 1 aliphatic carbocycles. The Morgan fingerprint density at radius 2 is 2.00 bits per heavy atom. The highest BCUT2D eigenvalue weighted by Crippen LogP contribution is 2.46. The van der Waals surface area contributed by atoms with Crippen LogP contribution in [-0.4, -0.2) is 57.3 Å². The van der Waals surface area contributed by atoms with Crippen LogP contribution in [0.15, 0.2) is 40.5 Å². The molecule has 0 radical (unpaired) electrons. The van der Waals surface area contributed by atoms with Crippen molar-refractivity contribution < 1.29 is 22.7 Å². The van der Waals surface area contributed by atoms with E-state index in [1.807, 2.05) is 6.08 Å². The van der Waals surface area contributed by atoms with Gasteiger partial charge in [0.25, 0.3) is 11.8 Å². The monoisotopic (exact) mass is 427 g/mol. The SMILES string of the molecule is CN1C=C(c2cc(S(C)(=O)=O)cc3c2OCC(=O)N3CC2CC2)C2C=CN=C2C1=O. The van der Waals surface area contributed by atoms with Gasteiger partial charge in [0.15, 0.2) is 22.2 Å². The van der Waals surface area contributed by atoms with Crippen molar-refractivity contribution in [3.05, 3.63) is 36.2 Å². The number of allylic oxidation sites excluding steroid dienone is 2. The lowest BCUT2D eigenvalue weighted by molar-refractivity contribution is -0.121. The largest absolute Gasteiger partial charge is 0.481 e. The standard InChI is InChI=1S/C21H21N3O5S/c1-23-10-16(14-5-6-22-19(14)21(23)26)15-7-13(30(2,27)28)8-17-20(15)29-11-18(25)24(17)9-12-3-4-12/h5-8,10,12,14H,3-4,9,11H2,1-2H3. The first kappa shape index (κ1) is 19.0. The Labute approximate surface area is 174 Å². The summed E-state index contributed by atoms with van der Waals surface area (Å²) in [6.07, 6.45) is 8.34.